The molecule has 0 bridgehead atoms. The van der Waals surface area contributed by atoms with E-state index in [0.717, 1.165) is 25.1 Å². The summed E-state index contributed by atoms with van der Waals surface area (Å²) in [4.78, 5) is 13.9. The van der Waals surface area contributed by atoms with E-state index < -0.39 is 11.5 Å². The van der Waals surface area contributed by atoms with Gasteiger partial charge in [-0.2, -0.15) is 0 Å². The second kappa shape index (κ2) is 6.71. The molecule has 1 N–H and O–H groups in total. The fourth-order valence-corrected chi connectivity index (χ4v) is 2.80. The first kappa shape index (κ1) is 15.7. The SMILES string of the molecule is CCc1ccc(C(CC)(C(=O)O)N(CC)CC)cc1. The zero-order chi connectivity index (χ0) is 14.5. The van der Waals surface area contributed by atoms with Crippen molar-refractivity contribution >= 4 is 5.97 Å². The third-order valence-corrected chi connectivity index (χ3v) is 4.01. The average molecular weight is 263 g/mol. The molecule has 0 aliphatic heterocycles. The molecule has 1 rings (SSSR count). The van der Waals surface area contributed by atoms with Crippen LogP contribution in [0.5, 0.6) is 0 Å². The Bertz CT molecular complexity index is 409. The van der Waals surface area contributed by atoms with Crippen LogP contribution in [0, 0.1) is 0 Å². The normalized spacial score (nSPS) is 14.4. The van der Waals surface area contributed by atoms with Gasteiger partial charge < -0.3 is 5.11 Å². The van der Waals surface area contributed by atoms with E-state index in [1.54, 1.807) is 0 Å². The van der Waals surface area contributed by atoms with Crippen LogP contribution in [0.2, 0.25) is 0 Å². The largest absolute Gasteiger partial charge is 0.480 e. The van der Waals surface area contributed by atoms with Gasteiger partial charge in [0.25, 0.3) is 0 Å². The smallest absolute Gasteiger partial charge is 0.328 e. The summed E-state index contributed by atoms with van der Waals surface area (Å²) in [6, 6.07) is 8.00. The molecule has 0 aliphatic carbocycles. The third-order valence-electron chi connectivity index (χ3n) is 4.01. The summed E-state index contributed by atoms with van der Waals surface area (Å²) >= 11 is 0. The van der Waals surface area contributed by atoms with E-state index in [1.807, 2.05) is 49.9 Å². The van der Waals surface area contributed by atoms with Crippen molar-refractivity contribution < 1.29 is 9.90 Å². The van der Waals surface area contributed by atoms with Gasteiger partial charge in [-0.05, 0) is 37.1 Å². The highest BCUT2D eigenvalue weighted by atomic mass is 16.4. The van der Waals surface area contributed by atoms with Gasteiger partial charge >= 0.3 is 5.97 Å². The fourth-order valence-electron chi connectivity index (χ4n) is 2.80. The Hall–Kier alpha value is -1.35. The Balaban J connectivity index is 3.32. The van der Waals surface area contributed by atoms with Gasteiger partial charge in [-0.15, -0.1) is 0 Å². The summed E-state index contributed by atoms with van der Waals surface area (Å²) in [7, 11) is 0. The zero-order valence-electron chi connectivity index (χ0n) is 12.4. The highest BCUT2D eigenvalue weighted by molar-refractivity contribution is 5.80. The van der Waals surface area contributed by atoms with Crippen LogP contribution in [0.3, 0.4) is 0 Å². The minimum absolute atomic E-state index is 0.565. The summed E-state index contributed by atoms with van der Waals surface area (Å²) in [5.74, 6) is -0.761. The van der Waals surface area contributed by atoms with Gasteiger partial charge in [0.15, 0.2) is 0 Å². The minimum Gasteiger partial charge on any atom is -0.480 e. The van der Waals surface area contributed by atoms with Crippen LogP contribution in [-0.4, -0.2) is 29.1 Å². The van der Waals surface area contributed by atoms with E-state index in [0.29, 0.717) is 6.42 Å². The fraction of sp³-hybridized carbons (Fsp3) is 0.562. The molecule has 3 heteroatoms. The number of benzene rings is 1. The van der Waals surface area contributed by atoms with E-state index in [1.165, 1.54) is 5.56 Å². The molecule has 0 aliphatic rings. The van der Waals surface area contributed by atoms with Crippen LogP contribution in [0.15, 0.2) is 24.3 Å². The maximum absolute atomic E-state index is 11.9. The molecular formula is C16H25NO2. The molecule has 19 heavy (non-hydrogen) atoms. The van der Waals surface area contributed by atoms with Gasteiger partial charge in [0.05, 0.1) is 0 Å². The van der Waals surface area contributed by atoms with Crippen LogP contribution in [0.1, 0.15) is 45.2 Å². The first-order valence-corrected chi connectivity index (χ1v) is 7.14. The number of carboxylic acids is 1. The van der Waals surface area contributed by atoms with Crippen molar-refractivity contribution in [2.45, 2.75) is 46.1 Å². The summed E-state index contributed by atoms with van der Waals surface area (Å²) in [6.45, 7) is 9.52. The molecule has 0 saturated carbocycles. The van der Waals surface area contributed by atoms with Crippen LogP contribution < -0.4 is 0 Å². The van der Waals surface area contributed by atoms with Gasteiger partial charge in [0.1, 0.15) is 5.54 Å². The molecule has 106 valence electrons. The molecular weight excluding hydrogens is 238 g/mol. The second-order valence-electron chi connectivity index (χ2n) is 4.74. The molecule has 1 aromatic carbocycles. The standard InChI is InChI=1S/C16H25NO2/c1-5-13-9-11-14(12-10-13)16(6-2,15(18)19)17(7-3)8-4/h9-12H,5-8H2,1-4H3,(H,18,19). The zero-order valence-corrected chi connectivity index (χ0v) is 12.4. The van der Waals surface area contributed by atoms with Crippen molar-refractivity contribution in [1.82, 2.24) is 4.90 Å². The van der Waals surface area contributed by atoms with E-state index in [9.17, 15) is 9.90 Å². The maximum Gasteiger partial charge on any atom is 0.328 e. The predicted octanol–water partition coefficient (Wildman–Crippen LogP) is 3.28. The number of carboxylic acid groups (broad SMARTS) is 1. The van der Waals surface area contributed by atoms with Crippen molar-refractivity contribution in [1.29, 1.82) is 0 Å². The lowest BCUT2D eigenvalue weighted by molar-refractivity contribution is -0.152. The molecule has 0 fully saturated rings. The van der Waals surface area contributed by atoms with Gasteiger partial charge in [-0.3, -0.25) is 4.90 Å². The van der Waals surface area contributed by atoms with Crippen LogP contribution in [-0.2, 0) is 16.8 Å². The molecule has 1 unspecified atom stereocenters. The summed E-state index contributed by atoms with van der Waals surface area (Å²) in [5, 5.41) is 9.79. The van der Waals surface area contributed by atoms with Crippen molar-refractivity contribution in [3.8, 4) is 0 Å². The van der Waals surface area contributed by atoms with Crippen molar-refractivity contribution in [2.24, 2.45) is 0 Å². The number of likely N-dealkylation sites (N-methyl/N-ethyl adjacent to an activating group) is 1. The summed E-state index contributed by atoms with van der Waals surface area (Å²) < 4.78 is 0. The molecule has 0 aromatic heterocycles. The molecule has 0 amide bonds. The van der Waals surface area contributed by atoms with Gasteiger partial charge in [0, 0.05) is 0 Å². The number of hydrogen-bond acceptors (Lipinski definition) is 2. The molecule has 1 aromatic rings. The van der Waals surface area contributed by atoms with Crippen molar-refractivity contribution in [2.75, 3.05) is 13.1 Å². The molecule has 0 heterocycles. The molecule has 3 nitrogen and oxygen atoms in total. The lowest BCUT2D eigenvalue weighted by atomic mass is 9.84. The number of rotatable bonds is 7. The number of aryl methyl sites for hydroxylation is 1. The Kier molecular flexibility index (Phi) is 5.55. The summed E-state index contributed by atoms with van der Waals surface area (Å²) in [5.41, 5.74) is 1.21. The third kappa shape index (κ3) is 2.81. The van der Waals surface area contributed by atoms with E-state index in [4.69, 9.17) is 0 Å². The lowest BCUT2D eigenvalue weighted by Crippen LogP contribution is -2.51. The predicted molar refractivity (Wildman–Crippen MR) is 78.3 cm³/mol. The monoisotopic (exact) mass is 263 g/mol. The first-order chi connectivity index (χ1) is 9.06. The number of hydrogen-bond donors (Lipinski definition) is 1. The lowest BCUT2D eigenvalue weighted by Gasteiger charge is -2.39. The van der Waals surface area contributed by atoms with E-state index in [-0.39, 0.29) is 0 Å². The van der Waals surface area contributed by atoms with Gasteiger partial charge in [0.2, 0.25) is 0 Å². The second-order valence-corrected chi connectivity index (χ2v) is 4.74. The molecule has 0 radical (unpaired) electrons. The number of aliphatic carboxylic acids is 1. The Labute approximate surface area is 116 Å². The first-order valence-electron chi connectivity index (χ1n) is 7.14. The summed E-state index contributed by atoms with van der Waals surface area (Å²) in [6.07, 6.45) is 1.53. The van der Waals surface area contributed by atoms with Crippen molar-refractivity contribution in [3.05, 3.63) is 35.4 Å². The highest BCUT2D eigenvalue weighted by Gasteiger charge is 2.43. The molecule has 0 spiro atoms. The van der Waals surface area contributed by atoms with Crippen molar-refractivity contribution in [3.63, 3.8) is 0 Å². The minimum atomic E-state index is -0.907. The van der Waals surface area contributed by atoms with Gasteiger partial charge in [-0.1, -0.05) is 52.0 Å². The Morgan fingerprint density at radius 2 is 1.63 bits per heavy atom. The highest BCUT2D eigenvalue weighted by Crippen LogP contribution is 2.32. The van der Waals surface area contributed by atoms with Crippen LogP contribution >= 0.6 is 0 Å². The van der Waals surface area contributed by atoms with Crippen LogP contribution in [0.4, 0.5) is 0 Å². The van der Waals surface area contributed by atoms with E-state index in [2.05, 4.69) is 6.92 Å². The molecule has 1 atom stereocenters. The Morgan fingerprint density at radius 1 is 1.11 bits per heavy atom. The van der Waals surface area contributed by atoms with Gasteiger partial charge in [-0.25, -0.2) is 4.79 Å². The van der Waals surface area contributed by atoms with E-state index >= 15 is 0 Å². The topological polar surface area (TPSA) is 40.5 Å². The average Bonchev–Trinajstić information content (AvgIpc) is 2.44. The number of nitrogens with zero attached hydrogens (tertiary/aromatic N) is 1. The van der Waals surface area contributed by atoms with Crippen LogP contribution in [0.25, 0.3) is 0 Å². The number of carbonyl (C=O) groups is 1. The molecule has 0 saturated heterocycles. The maximum atomic E-state index is 11.9. The Morgan fingerprint density at radius 3 is 1.95 bits per heavy atom. The quantitative estimate of drug-likeness (QED) is 0.820.